The lowest BCUT2D eigenvalue weighted by atomic mass is 9.99. The van der Waals surface area contributed by atoms with E-state index in [1.807, 2.05) is 38.1 Å². The number of aryl methyl sites for hydroxylation is 2. The fraction of sp³-hybridized carbons (Fsp3) is 0.217. The predicted molar refractivity (Wildman–Crippen MR) is 109 cm³/mol. The summed E-state index contributed by atoms with van der Waals surface area (Å²) in [6.45, 7) is 5.69. The maximum atomic E-state index is 13.0. The minimum absolute atomic E-state index is 0.121. The molecular weight excluding hydrogens is 334 g/mol. The van der Waals surface area contributed by atoms with Gasteiger partial charge in [-0.05, 0) is 55.2 Å². The van der Waals surface area contributed by atoms with Gasteiger partial charge in [0, 0.05) is 25.0 Å². The molecular formula is C23H23N3O. The van der Waals surface area contributed by atoms with Gasteiger partial charge < -0.3 is 10.2 Å². The molecule has 4 heteroatoms. The average Bonchev–Trinajstić information content (AvgIpc) is 2.69. The highest BCUT2D eigenvalue weighted by molar-refractivity contribution is 6.07. The first-order valence-corrected chi connectivity index (χ1v) is 9.27. The summed E-state index contributed by atoms with van der Waals surface area (Å²) in [5.74, 6) is 0.623. The van der Waals surface area contributed by atoms with Crippen LogP contribution in [0.25, 0.3) is 0 Å². The fourth-order valence-corrected chi connectivity index (χ4v) is 3.65. The van der Waals surface area contributed by atoms with Gasteiger partial charge in [-0.3, -0.25) is 4.79 Å². The first kappa shape index (κ1) is 17.3. The molecule has 0 saturated carbocycles. The van der Waals surface area contributed by atoms with E-state index in [4.69, 9.17) is 0 Å². The molecule has 2 aromatic carbocycles. The zero-order chi connectivity index (χ0) is 18.8. The minimum atomic E-state index is -0.121. The van der Waals surface area contributed by atoms with E-state index in [2.05, 4.69) is 45.5 Å². The lowest BCUT2D eigenvalue weighted by molar-refractivity contribution is 0.102. The molecule has 4 rings (SSSR count). The highest BCUT2D eigenvalue weighted by Gasteiger charge is 2.22. The van der Waals surface area contributed by atoms with Crippen LogP contribution in [0.2, 0.25) is 0 Å². The Balaban J connectivity index is 1.61. The molecule has 1 N–H and O–H groups in total. The number of anilines is 2. The van der Waals surface area contributed by atoms with Gasteiger partial charge in [0.15, 0.2) is 0 Å². The molecule has 0 aliphatic carbocycles. The topological polar surface area (TPSA) is 45.2 Å². The lowest BCUT2D eigenvalue weighted by Gasteiger charge is -2.30. The first-order valence-electron chi connectivity index (χ1n) is 9.27. The number of hydrogen-bond donors (Lipinski definition) is 1. The van der Waals surface area contributed by atoms with Gasteiger partial charge in [-0.2, -0.15) is 0 Å². The number of carbonyl (C=O) groups excluding carboxylic acids is 1. The molecule has 4 nitrogen and oxygen atoms in total. The summed E-state index contributed by atoms with van der Waals surface area (Å²) < 4.78 is 0. The molecule has 0 spiro atoms. The average molecular weight is 357 g/mol. The van der Waals surface area contributed by atoms with Crippen molar-refractivity contribution in [2.24, 2.45) is 0 Å². The summed E-state index contributed by atoms with van der Waals surface area (Å²) in [6, 6.07) is 18.2. The highest BCUT2D eigenvalue weighted by atomic mass is 16.1. The van der Waals surface area contributed by atoms with E-state index in [9.17, 15) is 4.79 Å². The number of fused-ring (bicyclic) bond motifs is 1. The van der Waals surface area contributed by atoms with Crippen LogP contribution >= 0.6 is 0 Å². The Morgan fingerprint density at radius 2 is 1.85 bits per heavy atom. The van der Waals surface area contributed by atoms with Crippen molar-refractivity contribution in [1.29, 1.82) is 0 Å². The lowest BCUT2D eigenvalue weighted by Crippen LogP contribution is -2.32. The van der Waals surface area contributed by atoms with Crippen molar-refractivity contribution in [2.75, 3.05) is 16.8 Å². The van der Waals surface area contributed by atoms with E-state index in [1.54, 1.807) is 6.20 Å². The number of nitrogens with zero attached hydrogens (tertiary/aromatic N) is 2. The van der Waals surface area contributed by atoms with Crippen LogP contribution in [-0.2, 0) is 13.0 Å². The Morgan fingerprint density at radius 3 is 2.67 bits per heavy atom. The van der Waals surface area contributed by atoms with Crippen LogP contribution < -0.4 is 10.2 Å². The van der Waals surface area contributed by atoms with E-state index < -0.39 is 0 Å². The number of amides is 1. The summed E-state index contributed by atoms with van der Waals surface area (Å²) in [6.07, 6.45) is 2.72. The normalized spacial score (nSPS) is 13.2. The zero-order valence-electron chi connectivity index (χ0n) is 15.7. The van der Waals surface area contributed by atoms with Crippen molar-refractivity contribution >= 4 is 17.4 Å². The zero-order valence-corrected chi connectivity index (χ0v) is 15.7. The number of benzene rings is 2. The molecule has 3 aromatic rings. The van der Waals surface area contributed by atoms with E-state index >= 15 is 0 Å². The maximum Gasteiger partial charge on any atom is 0.259 e. The Labute approximate surface area is 159 Å². The molecule has 0 saturated heterocycles. The van der Waals surface area contributed by atoms with Gasteiger partial charge in [0.05, 0.1) is 5.56 Å². The van der Waals surface area contributed by atoms with Crippen LogP contribution in [-0.4, -0.2) is 17.4 Å². The van der Waals surface area contributed by atoms with Crippen molar-refractivity contribution < 1.29 is 4.79 Å². The summed E-state index contributed by atoms with van der Waals surface area (Å²) in [7, 11) is 0. The predicted octanol–water partition coefficient (Wildman–Crippen LogP) is 4.51. The van der Waals surface area contributed by atoms with Crippen molar-refractivity contribution in [1.82, 2.24) is 4.98 Å². The number of carbonyl (C=O) groups is 1. The summed E-state index contributed by atoms with van der Waals surface area (Å²) in [4.78, 5) is 19.7. The molecule has 2 heterocycles. The van der Waals surface area contributed by atoms with Crippen LogP contribution in [0.3, 0.4) is 0 Å². The van der Waals surface area contributed by atoms with E-state index in [0.29, 0.717) is 5.56 Å². The number of hydrogen-bond acceptors (Lipinski definition) is 3. The van der Waals surface area contributed by atoms with Gasteiger partial charge in [0.2, 0.25) is 0 Å². The van der Waals surface area contributed by atoms with Crippen molar-refractivity contribution in [2.45, 2.75) is 26.8 Å². The SMILES string of the molecule is Cc1ccc(NC(=O)c2cccnc2N2CCc3ccccc3C2)c(C)c1. The van der Waals surface area contributed by atoms with Gasteiger partial charge >= 0.3 is 0 Å². The molecule has 0 radical (unpaired) electrons. The van der Waals surface area contributed by atoms with Gasteiger partial charge in [-0.25, -0.2) is 4.98 Å². The Morgan fingerprint density at radius 1 is 1.04 bits per heavy atom. The minimum Gasteiger partial charge on any atom is -0.351 e. The second kappa shape index (κ2) is 7.23. The van der Waals surface area contributed by atoms with E-state index in [-0.39, 0.29) is 5.91 Å². The van der Waals surface area contributed by atoms with Crippen LogP contribution in [0.1, 0.15) is 32.6 Å². The fourth-order valence-electron chi connectivity index (χ4n) is 3.65. The second-order valence-electron chi connectivity index (χ2n) is 7.09. The molecule has 27 heavy (non-hydrogen) atoms. The molecule has 1 aliphatic heterocycles. The molecule has 0 atom stereocenters. The number of aromatic nitrogens is 1. The quantitative estimate of drug-likeness (QED) is 0.750. The Hall–Kier alpha value is -3.14. The Kier molecular flexibility index (Phi) is 4.63. The maximum absolute atomic E-state index is 13.0. The first-order chi connectivity index (χ1) is 13.1. The number of rotatable bonds is 3. The van der Waals surface area contributed by atoms with E-state index in [1.165, 1.54) is 16.7 Å². The third kappa shape index (κ3) is 3.56. The van der Waals surface area contributed by atoms with Crippen molar-refractivity contribution in [3.05, 3.63) is 88.6 Å². The molecule has 1 aromatic heterocycles. The largest absolute Gasteiger partial charge is 0.351 e. The van der Waals surface area contributed by atoms with Crippen molar-refractivity contribution in [3.8, 4) is 0 Å². The molecule has 0 unspecified atom stereocenters. The van der Waals surface area contributed by atoms with Gasteiger partial charge in [0.25, 0.3) is 5.91 Å². The highest BCUT2D eigenvalue weighted by Crippen LogP contribution is 2.26. The smallest absolute Gasteiger partial charge is 0.259 e. The van der Waals surface area contributed by atoms with Crippen molar-refractivity contribution in [3.63, 3.8) is 0 Å². The third-order valence-corrected chi connectivity index (χ3v) is 5.09. The third-order valence-electron chi connectivity index (χ3n) is 5.09. The Bertz CT molecular complexity index is 996. The second-order valence-corrected chi connectivity index (χ2v) is 7.09. The van der Waals surface area contributed by atoms with Gasteiger partial charge in [-0.15, -0.1) is 0 Å². The summed E-state index contributed by atoms with van der Waals surface area (Å²) in [5.41, 5.74) is 6.36. The molecule has 0 bridgehead atoms. The number of pyridine rings is 1. The van der Waals surface area contributed by atoms with Gasteiger partial charge in [-0.1, -0.05) is 42.0 Å². The van der Waals surface area contributed by atoms with Crippen LogP contribution in [0.4, 0.5) is 11.5 Å². The molecule has 1 aliphatic rings. The van der Waals surface area contributed by atoms with Crippen LogP contribution in [0.15, 0.2) is 60.8 Å². The monoisotopic (exact) mass is 357 g/mol. The standard InChI is InChI=1S/C23H23N3O/c1-16-9-10-21(17(2)14-16)25-23(27)20-8-5-12-24-22(20)26-13-11-18-6-3-4-7-19(18)15-26/h3-10,12,14H,11,13,15H2,1-2H3,(H,25,27). The summed E-state index contributed by atoms with van der Waals surface area (Å²) >= 11 is 0. The summed E-state index contributed by atoms with van der Waals surface area (Å²) in [5, 5.41) is 3.05. The molecule has 0 fully saturated rings. The van der Waals surface area contributed by atoms with Gasteiger partial charge in [0.1, 0.15) is 5.82 Å². The number of nitrogens with one attached hydrogen (secondary N) is 1. The molecule has 136 valence electrons. The van der Waals surface area contributed by atoms with Crippen LogP contribution in [0, 0.1) is 13.8 Å². The molecule has 1 amide bonds. The van der Waals surface area contributed by atoms with Crippen LogP contribution in [0.5, 0.6) is 0 Å². The van der Waals surface area contributed by atoms with E-state index in [0.717, 1.165) is 36.6 Å².